The largest absolute Gasteiger partial charge is 0.508 e. The molecule has 1 unspecified atom stereocenters. The van der Waals surface area contributed by atoms with Crippen LogP contribution < -0.4 is 5.32 Å². The monoisotopic (exact) mass is 372 g/mol. The topological polar surface area (TPSA) is 51.1 Å². The first kappa shape index (κ1) is 20.0. The molecule has 1 aromatic carbocycles. The Morgan fingerprint density at radius 2 is 1.93 bits per heavy atom. The predicted octanol–water partition coefficient (Wildman–Crippen LogP) is 3.10. The van der Waals surface area contributed by atoms with E-state index in [9.17, 15) is 5.11 Å². The molecule has 0 spiro atoms. The zero-order chi connectivity index (χ0) is 18.9. The van der Waals surface area contributed by atoms with Gasteiger partial charge in [-0.2, -0.15) is 0 Å². The standard InChI is InChI=1S/C22H36N4O/c1-2-23-22(24-13-6-7-19-8-10-21(27)11-9-19)26-16-12-20(18-26)17-25-14-4-3-5-15-25/h8-11,20,27H,2-7,12-18H2,1H3,(H,23,24). The lowest BCUT2D eigenvalue weighted by molar-refractivity contribution is 0.198. The smallest absolute Gasteiger partial charge is 0.193 e. The number of piperidine rings is 1. The molecule has 3 rings (SSSR count). The van der Waals surface area contributed by atoms with Crippen molar-refractivity contribution in [1.29, 1.82) is 0 Å². The second-order valence-electron chi connectivity index (χ2n) is 7.97. The van der Waals surface area contributed by atoms with Gasteiger partial charge < -0.3 is 20.2 Å². The zero-order valence-electron chi connectivity index (χ0n) is 16.9. The van der Waals surface area contributed by atoms with E-state index in [1.165, 1.54) is 50.9 Å². The quantitative estimate of drug-likeness (QED) is 0.439. The maximum atomic E-state index is 9.37. The van der Waals surface area contributed by atoms with Crippen molar-refractivity contribution in [3.8, 4) is 5.75 Å². The Morgan fingerprint density at radius 3 is 2.67 bits per heavy atom. The van der Waals surface area contributed by atoms with Crippen molar-refractivity contribution in [3.05, 3.63) is 29.8 Å². The maximum absolute atomic E-state index is 9.37. The van der Waals surface area contributed by atoms with Crippen LogP contribution in [0.1, 0.15) is 44.6 Å². The average molecular weight is 373 g/mol. The fourth-order valence-electron chi connectivity index (χ4n) is 4.24. The minimum Gasteiger partial charge on any atom is -0.508 e. The molecule has 1 aromatic rings. The van der Waals surface area contributed by atoms with Crippen molar-refractivity contribution >= 4 is 5.96 Å². The van der Waals surface area contributed by atoms with Crippen molar-refractivity contribution in [2.75, 3.05) is 45.8 Å². The van der Waals surface area contributed by atoms with E-state index in [2.05, 4.69) is 22.0 Å². The van der Waals surface area contributed by atoms with E-state index in [0.717, 1.165) is 50.9 Å². The summed E-state index contributed by atoms with van der Waals surface area (Å²) < 4.78 is 0. The van der Waals surface area contributed by atoms with Crippen LogP contribution in [0, 0.1) is 5.92 Å². The highest BCUT2D eigenvalue weighted by Gasteiger charge is 2.26. The van der Waals surface area contributed by atoms with Crippen LogP contribution in [-0.2, 0) is 6.42 Å². The first-order chi connectivity index (χ1) is 13.2. The Kier molecular flexibility index (Phi) is 7.81. The summed E-state index contributed by atoms with van der Waals surface area (Å²) >= 11 is 0. The minimum absolute atomic E-state index is 0.333. The number of aliphatic imine (C=N–C) groups is 1. The third-order valence-electron chi connectivity index (χ3n) is 5.71. The Morgan fingerprint density at radius 1 is 1.15 bits per heavy atom. The van der Waals surface area contributed by atoms with Gasteiger partial charge in [-0.25, -0.2) is 0 Å². The second kappa shape index (κ2) is 10.5. The summed E-state index contributed by atoms with van der Waals surface area (Å²) in [4.78, 5) is 10.0. The SMILES string of the molecule is CCNC(=NCCCc1ccc(O)cc1)N1CCC(CN2CCCCC2)C1. The molecule has 2 saturated heterocycles. The number of aromatic hydroxyl groups is 1. The molecular weight excluding hydrogens is 336 g/mol. The molecule has 2 fully saturated rings. The molecule has 0 radical (unpaired) electrons. The molecule has 5 heteroatoms. The van der Waals surface area contributed by atoms with Gasteiger partial charge in [0, 0.05) is 32.7 Å². The van der Waals surface area contributed by atoms with Crippen molar-refractivity contribution < 1.29 is 5.11 Å². The van der Waals surface area contributed by atoms with E-state index < -0.39 is 0 Å². The second-order valence-corrected chi connectivity index (χ2v) is 7.97. The van der Waals surface area contributed by atoms with Gasteiger partial charge in [0.15, 0.2) is 5.96 Å². The summed E-state index contributed by atoms with van der Waals surface area (Å²) in [6.07, 6.45) is 7.48. The lowest BCUT2D eigenvalue weighted by Crippen LogP contribution is -2.41. The maximum Gasteiger partial charge on any atom is 0.193 e. The van der Waals surface area contributed by atoms with Gasteiger partial charge in [0.2, 0.25) is 0 Å². The summed E-state index contributed by atoms with van der Waals surface area (Å²) in [6.45, 7) is 10.0. The van der Waals surface area contributed by atoms with Crippen LogP contribution in [0.25, 0.3) is 0 Å². The third-order valence-corrected chi connectivity index (χ3v) is 5.71. The first-order valence-electron chi connectivity index (χ1n) is 10.8. The van der Waals surface area contributed by atoms with Crippen LogP contribution in [0.2, 0.25) is 0 Å². The van der Waals surface area contributed by atoms with Gasteiger partial charge in [0.25, 0.3) is 0 Å². The lowest BCUT2D eigenvalue weighted by Gasteiger charge is -2.29. The van der Waals surface area contributed by atoms with Gasteiger partial charge in [0.05, 0.1) is 0 Å². The molecule has 0 aromatic heterocycles. The Bertz CT molecular complexity index is 580. The van der Waals surface area contributed by atoms with Gasteiger partial charge in [-0.15, -0.1) is 0 Å². The van der Waals surface area contributed by atoms with Gasteiger partial charge in [-0.1, -0.05) is 18.6 Å². The highest BCUT2D eigenvalue weighted by molar-refractivity contribution is 5.80. The fraction of sp³-hybridized carbons (Fsp3) is 0.682. The van der Waals surface area contributed by atoms with Crippen LogP contribution >= 0.6 is 0 Å². The van der Waals surface area contributed by atoms with E-state index in [1.54, 1.807) is 12.1 Å². The normalized spacial score (nSPS) is 21.6. The van der Waals surface area contributed by atoms with Crippen LogP contribution in [0.5, 0.6) is 5.75 Å². The number of rotatable bonds is 7. The molecule has 5 nitrogen and oxygen atoms in total. The van der Waals surface area contributed by atoms with E-state index in [-0.39, 0.29) is 0 Å². The zero-order valence-corrected chi connectivity index (χ0v) is 16.9. The Hall–Kier alpha value is -1.75. The molecule has 1 atom stereocenters. The predicted molar refractivity (Wildman–Crippen MR) is 112 cm³/mol. The Balaban J connectivity index is 1.44. The van der Waals surface area contributed by atoms with Crippen molar-refractivity contribution in [3.63, 3.8) is 0 Å². The first-order valence-corrected chi connectivity index (χ1v) is 10.8. The summed E-state index contributed by atoms with van der Waals surface area (Å²) in [5.41, 5.74) is 1.26. The van der Waals surface area contributed by atoms with Crippen LogP contribution in [0.15, 0.2) is 29.3 Å². The highest BCUT2D eigenvalue weighted by atomic mass is 16.3. The molecule has 27 heavy (non-hydrogen) atoms. The number of hydrogen-bond donors (Lipinski definition) is 2. The van der Waals surface area contributed by atoms with Gasteiger partial charge in [0.1, 0.15) is 5.75 Å². The van der Waals surface area contributed by atoms with Crippen molar-refractivity contribution in [1.82, 2.24) is 15.1 Å². The number of likely N-dealkylation sites (tertiary alicyclic amines) is 2. The number of aryl methyl sites for hydroxylation is 1. The summed E-state index contributed by atoms with van der Waals surface area (Å²) in [7, 11) is 0. The number of nitrogens with zero attached hydrogens (tertiary/aromatic N) is 3. The van der Waals surface area contributed by atoms with E-state index in [1.807, 2.05) is 12.1 Å². The number of phenolic OH excluding ortho intramolecular Hbond substituents is 1. The number of guanidine groups is 1. The summed E-state index contributed by atoms with van der Waals surface area (Å²) in [6, 6.07) is 7.51. The van der Waals surface area contributed by atoms with Crippen molar-refractivity contribution in [2.24, 2.45) is 10.9 Å². The molecule has 0 aliphatic carbocycles. The molecule has 2 heterocycles. The van der Waals surface area contributed by atoms with E-state index in [4.69, 9.17) is 4.99 Å². The van der Waals surface area contributed by atoms with E-state index in [0.29, 0.717) is 5.75 Å². The molecule has 2 aliphatic rings. The summed E-state index contributed by atoms with van der Waals surface area (Å²) in [5, 5.41) is 12.9. The van der Waals surface area contributed by atoms with Gasteiger partial charge in [-0.3, -0.25) is 4.99 Å². The van der Waals surface area contributed by atoms with Crippen molar-refractivity contribution in [2.45, 2.75) is 45.4 Å². The molecule has 150 valence electrons. The lowest BCUT2D eigenvalue weighted by atomic mass is 10.1. The Labute approximate surface area is 164 Å². The average Bonchev–Trinajstić information content (AvgIpc) is 3.15. The summed E-state index contributed by atoms with van der Waals surface area (Å²) in [5.74, 6) is 2.20. The number of phenols is 1. The third kappa shape index (κ3) is 6.42. The highest BCUT2D eigenvalue weighted by Crippen LogP contribution is 2.20. The molecule has 0 amide bonds. The van der Waals surface area contributed by atoms with Gasteiger partial charge in [-0.05, 0) is 75.7 Å². The van der Waals surface area contributed by atoms with Crippen LogP contribution in [-0.4, -0.2) is 66.7 Å². The molecule has 0 saturated carbocycles. The number of benzene rings is 1. The van der Waals surface area contributed by atoms with Gasteiger partial charge >= 0.3 is 0 Å². The van der Waals surface area contributed by atoms with Crippen LogP contribution in [0.3, 0.4) is 0 Å². The molecule has 0 bridgehead atoms. The number of nitrogens with one attached hydrogen (secondary N) is 1. The molecule has 2 aliphatic heterocycles. The fourth-order valence-corrected chi connectivity index (χ4v) is 4.24. The molecular formula is C22H36N4O. The molecule has 2 N–H and O–H groups in total. The number of hydrogen-bond acceptors (Lipinski definition) is 3. The van der Waals surface area contributed by atoms with Crippen LogP contribution in [0.4, 0.5) is 0 Å². The minimum atomic E-state index is 0.333. The van der Waals surface area contributed by atoms with E-state index >= 15 is 0 Å².